The van der Waals surface area contributed by atoms with E-state index in [-0.39, 0.29) is 12.1 Å². The van der Waals surface area contributed by atoms with Gasteiger partial charge >= 0.3 is 5.97 Å². The van der Waals surface area contributed by atoms with Crippen LogP contribution in [0.2, 0.25) is 0 Å². The number of carbonyl (C=O) groups excluding carboxylic acids is 2. The molecule has 18 heavy (non-hydrogen) atoms. The Labute approximate surface area is 105 Å². The number of carbonyl (C=O) groups is 2. The molecule has 0 spiro atoms. The second kappa shape index (κ2) is 5.62. The first-order valence-corrected chi connectivity index (χ1v) is 5.49. The van der Waals surface area contributed by atoms with E-state index < -0.39 is 23.1 Å². The van der Waals surface area contributed by atoms with Crippen molar-refractivity contribution in [3.05, 3.63) is 35.6 Å². The van der Waals surface area contributed by atoms with Crippen LogP contribution >= 0.6 is 0 Å². The minimum Gasteiger partial charge on any atom is -0.469 e. The van der Waals surface area contributed by atoms with Crippen LogP contribution in [0.4, 0.5) is 4.39 Å². The number of methoxy groups -OCH3 is 1. The molecule has 98 valence electrons. The molecule has 0 bridgehead atoms. The van der Waals surface area contributed by atoms with Crippen molar-refractivity contribution < 1.29 is 18.7 Å². The first-order valence-electron chi connectivity index (χ1n) is 5.49. The molecule has 0 aliphatic carbocycles. The van der Waals surface area contributed by atoms with E-state index in [1.807, 2.05) is 0 Å². The lowest BCUT2D eigenvalue weighted by molar-refractivity contribution is -0.150. The van der Waals surface area contributed by atoms with Gasteiger partial charge in [0.15, 0.2) is 0 Å². The number of hydrogen-bond acceptors (Lipinski definition) is 3. The van der Waals surface area contributed by atoms with Gasteiger partial charge in [-0.05, 0) is 32.0 Å². The van der Waals surface area contributed by atoms with Gasteiger partial charge in [-0.25, -0.2) is 4.39 Å². The summed E-state index contributed by atoms with van der Waals surface area (Å²) in [5.41, 5.74) is -0.603. The number of benzene rings is 1. The fraction of sp³-hybridized carbons (Fsp3) is 0.385. The van der Waals surface area contributed by atoms with Gasteiger partial charge in [0.25, 0.3) is 5.91 Å². The largest absolute Gasteiger partial charge is 0.469 e. The minimum atomic E-state index is -0.822. The lowest BCUT2D eigenvalue weighted by Crippen LogP contribution is -2.39. The van der Waals surface area contributed by atoms with Crippen molar-refractivity contribution in [3.63, 3.8) is 0 Å². The molecule has 0 unspecified atom stereocenters. The topological polar surface area (TPSA) is 55.4 Å². The molecule has 0 radical (unpaired) electrons. The molecule has 0 atom stereocenters. The zero-order valence-corrected chi connectivity index (χ0v) is 10.6. The highest BCUT2D eigenvalue weighted by Gasteiger charge is 2.29. The average Bonchev–Trinajstić information content (AvgIpc) is 2.35. The van der Waals surface area contributed by atoms with Crippen LogP contribution in [0.3, 0.4) is 0 Å². The zero-order chi connectivity index (χ0) is 13.8. The molecule has 1 N–H and O–H groups in total. The van der Waals surface area contributed by atoms with Crippen LogP contribution in [0.5, 0.6) is 0 Å². The van der Waals surface area contributed by atoms with E-state index in [0.717, 1.165) is 6.07 Å². The van der Waals surface area contributed by atoms with Gasteiger partial charge in [-0.3, -0.25) is 9.59 Å². The number of nitrogens with one attached hydrogen (secondary N) is 1. The van der Waals surface area contributed by atoms with Crippen LogP contribution in [-0.4, -0.2) is 25.5 Å². The molecular formula is C13H16FNO3. The van der Waals surface area contributed by atoms with E-state index in [9.17, 15) is 14.0 Å². The first-order chi connectivity index (χ1) is 8.36. The van der Waals surface area contributed by atoms with Gasteiger partial charge in [0.2, 0.25) is 0 Å². The summed E-state index contributed by atoms with van der Waals surface area (Å²) in [4.78, 5) is 23.1. The summed E-state index contributed by atoms with van der Waals surface area (Å²) < 4.78 is 17.6. The molecule has 1 amide bonds. The SMILES string of the molecule is COC(=O)C(C)(C)CNC(=O)c1cccc(F)c1. The highest BCUT2D eigenvalue weighted by molar-refractivity contribution is 5.94. The maximum atomic E-state index is 12.9. The molecule has 1 rings (SSSR count). The second-order valence-electron chi connectivity index (χ2n) is 4.57. The van der Waals surface area contributed by atoms with E-state index in [2.05, 4.69) is 10.1 Å². The molecule has 1 aromatic carbocycles. The molecule has 0 aliphatic rings. The highest BCUT2D eigenvalue weighted by atomic mass is 19.1. The molecule has 0 saturated carbocycles. The summed E-state index contributed by atoms with van der Waals surface area (Å²) in [6, 6.07) is 5.36. The van der Waals surface area contributed by atoms with Gasteiger partial charge in [0, 0.05) is 12.1 Å². The van der Waals surface area contributed by atoms with Crippen LogP contribution in [0.1, 0.15) is 24.2 Å². The average molecular weight is 253 g/mol. The number of rotatable bonds is 4. The van der Waals surface area contributed by atoms with Crippen molar-refractivity contribution in [2.24, 2.45) is 5.41 Å². The Bertz CT molecular complexity index is 457. The maximum Gasteiger partial charge on any atom is 0.313 e. The van der Waals surface area contributed by atoms with Crippen molar-refractivity contribution in [1.29, 1.82) is 0 Å². The predicted molar refractivity (Wildman–Crippen MR) is 64.5 cm³/mol. The summed E-state index contributed by atoms with van der Waals surface area (Å²) in [5, 5.41) is 2.58. The normalized spacial score (nSPS) is 10.9. The standard InChI is InChI=1S/C13H16FNO3/c1-13(2,12(17)18-3)8-15-11(16)9-5-4-6-10(14)7-9/h4-7H,8H2,1-3H3,(H,15,16). The zero-order valence-electron chi connectivity index (χ0n) is 10.6. The smallest absolute Gasteiger partial charge is 0.313 e. The molecule has 0 heterocycles. The van der Waals surface area contributed by atoms with Crippen LogP contribution in [0.25, 0.3) is 0 Å². The van der Waals surface area contributed by atoms with Crippen molar-refractivity contribution in [1.82, 2.24) is 5.32 Å². The van der Waals surface area contributed by atoms with Crippen LogP contribution in [0, 0.1) is 11.2 Å². The highest BCUT2D eigenvalue weighted by Crippen LogP contribution is 2.15. The third-order valence-electron chi connectivity index (χ3n) is 2.52. The lowest BCUT2D eigenvalue weighted by Gasteiger charge is -2.21. The third kappa shape index (κ3) is 3.55. The minimum absolute atomic E-state index is 0.120. The van der Waals surface area contributed by atoms with E-state index in [1.54, 1.807) is 13.8 Å². The van der Waals surface area contributed by atoms with Crippen LogP contribution in [-0.2, 0) is 9.53 Å². The molecule has 0 saturated heterocycles. The number of hydrogen-bond donors (Lipinski definition) is 1. The van der Waals surface area contributed by atoms with Crippen LogP contribution < -0.4 is 5.32 Å². The van der Waals surface area contributed by atoms with E-state index in [4.69, 9.17) is 0 Å². The number of amides is 1. The molecule has 0 fully saturated rings. The van der Waals surface area contributed by atoms with E-state index >= 15 is 0 Å². The predicted octanol–water partition coefficient (Wildman–Crippen LogP) is 1.75. The van der Waals surface area contributed by atoms with Crippen molar-refractivity contribution >= 4 is 11.9 Å². The Hall–Kier alpha value is -1.91. The maximum absolute atomic E-state index is 12.9. The van der Waals surface area contributed by atoms with Gasteiger partial charge in [0.05, 0.1) is 12.5 Å². The van der Waals surface area contributed by atoms with Gasteiger partial charge in [0.1, 0.15) is 5.82 Å². The summed E-state index contributed by atoms with van der Waals surface area (Å²) >= 11 is 0. The van der Waals surface area contributed by atoms with Crippen molar-refractivity contribution in [3.8, 4) is 0 Å². The van der Waals surface area contributed by atoms with Gasteiger partial charge in [-0.1, -0.05) is 6.07 Å². The summed E-state index contributed by atoms with van der Waals surface area (Å²) in [6.07, 6.45) is 0. The second-order valence-corrected chi connectivity index (χ2v) is 4.57. The Kier molecular flexibility index (Phi) is 4.42. The van der Waals surface area contributed by atoms with Gasteiger partial charge < -0.3 is 10.1 Å². The Balaban J connectivity index is 2.64. The Morgan fingerprint density at radius 2 is 2.06 bits per heavy atom. The lowest BCUT2D eigenvalue weighted by atomic mass is 9.93. The number of halogens is 1. The summed E-state index contributed by atoms with van der Waals surface area (Å²) in [6.45, 7) is 3.43. The molecular weight excluding hydrogens is 237 g/mol. The molecule has 4 nitrogen and oxygen atoms in total. The number of ether oxygens (including phenoxy) is 1. The monoisotopic (exact) mass is 253 g/mol. The Morgan fingerprint density at radius 1 is 1.39 bits per heavy atom. The molecule has 5 heteroatoms. The van der Waals surface area contributed by atoms with Gasteiger partial charge in [-0.2, -0.15) is 0 Å². The first kappa shape index (κ1) is 14.2. The fourth-order valence-corrected chi connectivity index (χ4v) is 1.38. The summed E-state index contributed by atoms with van der Waals surface area (Å²) in [7, 11) is 1.29. The fourth-order valence-electron chi connectivity index (χ4n) is 1.38. The Morgan fingerprint density at radius 3 is 2.61 bits per heavy atom. The van der Waals surface area contributed by atoms with Crippen molar-refractivity contribution in [2.75, 3.05) is 13.7 Å². The van der Waals surface area contributed by atoms with Crippen molar-refractivity contribution in [2.45, 2.75) is 13.8 Å². The third-order valence-corrected chi connectivity index (χ3v) is 2.52. The van der Waals surface area contributed by atoms with E-state index in [0.29, 0.717) is 0 Å². The summed E-state index contributed by atoms with van der Waals surface area (Å²) in [5.74, 6) is -1.32. The molecule has 0 aromatic heterocycles. The molecule has 0 aliphatic heterocycles. The van der Waals surface area contributed by atoms with Crippen LogP contribution in [0.15, 0.2) is 24.3 Å². The van der Waals surface area contributed by atoms with Gasteiger partial charge in [-0.15, -0.1) is 0 Å². The quantitative estimate of drug-likeness (QED) is 0.832. The molecule has 1 aromatic rings. The number of esters is 1. The van der Waals surface area contributed by atoms with E-state index in [1.165, 1.54) is 25.3 Å².